The largest absolute Gasteiger partial charge is 0.325 e. The number of carbonyl (C=O) groups excluding carboxylic acids is 1. The second kappa shape index (κ2) is 5.63. The van der Waals surface area contributed by atoms with Gasteiger partial charge in [-0.3, -0.25) is 15.4 Å². The highest BCUT2D eigenvalue weighted by atomic mass is 35.5. The van der Waals surface area contributed by atoms with Gasteiger partial charge in [0.2, 0.25) is 0 Å². The fourth-order valence-electron chi connectivity index (χ4n) is 1.26. The van der Waals surface area contributed by atoms with Gasteiger partial charge < -0.3 is 5.32 Å². The van der Waals surface area contributed by atoms with Crippen molar-refractivity contribution in [3.8, 4) is 0 Å². The summed E-state index contributed by atoms with van der Waals surface area (Å²) in [5.74, 6) is 0. The molecule has 9 heteroatoms. The van der Waals surface area contributed by atoms with Gasteiger partial charge in [0.25, 0.3) is 5.69 Å². The first-order chi connectivity index (χ1) is 9.06. The zero-order valence-corrected chi connectivity index (χ0v) is 10.9. The third-order valence-electron chi connectivity index (χ3n) is 2.06. The number of anilines is 2. The van der Waals surface area contributed by atoms with Crippen molar-refractivity contribution >= 4 is 45.5 Å². The maximum atomic E-state index is 11.6. The Morgan fingerprint density at radius 1 is 1.42 bits per heavy atom. The van der Waals surface area contributed by atoms with Gasteiger partial charge >= 0.3 is 6.03 Å². The molecule has 2 aromatic rings. The number of aromatic nitrogens is 1. The van der Waals surface area contributed by atoms with E-state index in [-0.39, 0.29) is 16.4 Å². The van der Waals surface area contributed by atoms with E-state index in [1.165, 1.54) is 29.5 Å². The molecule has 0 spiro atoms. The lowest BCUT2D eigenvalue weighted by Gasteiger charge is -2.06. The van der Waals surface area contributed by atoms with Crippen molar-refractivity contribution in [2.75, 3.05) is 10.6 Å². The predicted molar refractivity (Wildman–Crippen MR) is 72.9 cm³/mol. The number of non-ortho nitro benzene ring substituents is 1. The van der Waals surface area contributed by atoms with E-state index in [9.17, 15) is 14.9 Å². The number of carbonyl (C=O) groups is 1. The Bertz CT molecular complexity index is 617. The monoisotopic (exact) mass is 298 g/mol. The van der Waals surface area contributed by atoms with E-state index >= 15 is 0 Å². The van der Waals surface area contributed by atoms with Gasteiger partial charge in [0.1, 0.15) is 0 Å². The molecular weight excluding hydrogens is 292 g/mol. The SMILES string of the molecule is O=C(Nc1nccs1)Nc1cc([N+](=O)[O-])ccc1Cl. The normalized spacial score (nSPS) is 9.95. The Balaban J connectivity index is 2.11. The predicted octanol–water partition coefficient (Wildman–Crippen LogP) is 3.35. The molecule has 7 nitrogen and oxygen atoms in total. The van der Waals surface area contributed by atoms with E-state index in [1.807, 2.05) is 0 Å². The zero-order chi connectivity index (χ0) is 13.8. The minimum Gasteiger partial charge on any atom is -0.306 e. The fourth-order valence-corrected chi connectivity index (χ4v) is 1.95. The van der Waals surface area contributed by atoms with Crippen LogP contribution in [0.5, 0.6) is 0 Å². The first kappa shape index (κ1) is 13.2. The molecule has 0 fully saturated rings. The summed E-state index contributed by atoms with van der Waals surface area (Å²) in [7, 11) is 0. The molecule has 0 radical (unpaired) electrons. The Labute approximate surface area is 116 Å². The third-order valence-corrected chi connectivity index (χ3v) is 3.08. The van der Waals surface area contributed by atoms with Crippen LogP contribution < -0.4 is 10.6 Å². The molecule has 2 rings (SSSR count). The van der Waals surface area contributed by atoms with E-state index in [2.05, 4.69) is 15.6 Å². The van der Waals surface area contributed by atoms with Crippen molar-refractivity contribution in [1.82, 2.24) is 4.98 Å². The van der Waals surface area contributed by atoms with Gasteiger partial charge in [-0.2, -0.15) is 0 Å². The van der Waals surface area contributed by atoms with Gasteiger partial charge in [-0.05, 0) is 6.07 Å². The van der Waals surface area contributed by atoms with Crippen molar-refractivity contribution in [2.24, 2.45) is 0 Å². The number of nitro benzene ring substituents is 1. The van der Waals surface area contributed by atoms with Crippen LogP contribution in [0.2, 0.25) is 5.02 Å². The van der Waals surface area contributed by atoms with Crippen molar-refractivity contribution in [3.05, 3.63) is 44.9 Å². The Hall–Kier alpha value is -2.19. The molecule has 0 bridgehead atoms. The van der Waals surface area contributed by atoms with Gasteiger partial charge in [0.15, 0.2) is 5.13 Å². The number of hydrogen-bond donors (Lipinski definition) is 2. The summed E-state index contributed by atoms with van der Waals surface area (Å²) < 4.78 is 0. The molecule has 98 valence electrons. The van der Waals surface area contributed by atoms with E-state index in [0.717, 1.165) is 0 Å². The highest BCUT2D eigenvalue weighted by Crippen LogP contribution is 2.26. The first-order valence-corrected chi connectivity index (χ1v) is 6.23. The molecule has 1 heterocycles. The molecule has 2 amide bonds. The second-order valence-electron chi connectivity index (χ2n) is 3.34. The van der Waals surface area contributed by atoms with E-state index in [4.69, 9.17) is 11.6 Å². The van der Waals surface area contributed by atoms with Gasteiger partial charge in [0.05, 0.1) is 15.6 Å². The molecule has 0 aliphatic rings. The van der Waals surface area contributed by atoms with Gasteiger partial charge in [0, 0.05) is 23.7 Å². The lowest BCUT2D eigenvalue weighted by molar-refractivity contribution is -0.384. The highest BCUT2D eigenvalue weighted by molar-refractivity contribution is 7.13. The van der Waals surface area contributed by atoms with Crippen molar-refractivity contribution in [1.29, 1.82) is 0 Å². The second-order valence-corrected chi connectivity index (χ2v) is 4.64. The minimum atomic E-state index is -0.572. The van der Waals surface area contributed by atoms with E-state index in [1.54, 1.807) is 11.6 Å². The molecular formula is C10H7ClN4O3S. The maximum absolute atomic E-state index is 11.6. The molecule has 0 unspecified atom stereocenters. The van der Waals surface area contributed by atoms with Crippen LogP contribution in [0.25, 0.3) is 0 Å². The number of nitro groups is 1. The van der Waals surface area contributed by atoms with Crippen LogP contribution in [0.15, 0.2) is 29.8 Å². The number of rotatable bonds is 3. The lowest BCUT2D eigenvalue weighted by atomic mass is 10.3. The van der Waals surface area contributed by atoms with Crippen LogP contribution in [0, 0.1) is 10.1 Å². The maximum Gasteiger partial charge on any atom is 0.325 e. The van der Waals surface area contributed by atoms with Gasteiger partial charge in [-0.15, -0.1) is 11.3 Å². The van der Waals surface area contributed by atoms with Crippen molar-refractivity contribution < 1.29 is 9.72 Å². The van der Waals surface area contributed by atoms with Crippen LogP contribution in [0.4, 0.5) is 21.3 Å². The Morgan fingerprint density at radius 3 is 2.84 bits per heavy atom. The number of urea groups is 1. The number of hydrogen-bond acceptors (Lipinski definition) is 5. The molecule has 19 heavy (non-hydrogen) atoms. The molecule has 0 atom stereocenters. The first-order valence-electron chi connectivity index (χ1n) is 4.97. The quantitative estimate of drug-likeness (QED) is 0.670. The number of thiazole rings is 1. The molecule has 1 aromatic heterocycles. The number of amides is 2. The van der Waals surface area contributed by atoms with Crippen LogP contribution in [-0.4, -0.2) is 15.9 Å². The third kappa shape index (κ3) is 3.39. The molecule has 0 saturated heterocycles. The topological polar surface area (TPSA) is 97.2 Å². The summed E-state index contributed by atoms with van der Waals surface area (Å²) in [6, 6.07) is 3.21. The summed E-state index contributed by atoms with van der Waals surface area (Å²) in [4.78, 5) is 25.6. The van der Waals surface area contributed by atoms with Gasteiger partial charge in [-0.1, -0.05) is 11.6 Å². The highest BCUT2D eigenvalue weighted by Gasteiger charge is 2.12. The standard InChI is InChI=1S/C10H7ClN4O3S/c11-7-2-1-6(15(17)18)5-8(7)13-9(16)14-10-12-3-4-19-10/h1-5H,(H2,12,13,14,16). The molecule has 1 aromatic carbocycles. The van der Waals surface area contributed by atoms with E-state index < -0.39 is 11.0 Å². The summed E-state index contributed by atoms with van der Waals surface area (Å²) in [5, 5.41) is 17.9. The van der Waals surface area contributed by atoms with Crippen molar-refractivity contribution in [2.45, 2.75) is 0 Å². The number of nitrogens with one attached hydrogen (secondary N) is 2. The van der Waals surface area contributed by atoms with Gasteiger partial charge in [-0.25, -0.2) is 9.78 Å². The lowest BCUT2D eigenvalue weighted by Crippen LogP contribution is -2.19. The number of nitrogens with zero attached hydrogens (tertiary/aromatic N) is 2. The van der Waals surface area contributed by atoms with E-state index in [0.29, 0.717) is 5.13 Å². The van der Waals surface area contributed by atoms with Crippen LogP contribution in [-0.2, 0) is 0 Å². The molecule has 0 aliphatic carbocycles. The summed E-state index contributed by atoms with van der Waals surface area (Å²) in [5.41, 5.74) is -0.00104. The number of halogens is 1. The van der Waals surface area contributed by atoms with Crippen LogP contribution in [0.3, 0.4) is 0 Å². The Morgan fingerprint density at radius 2 is 2.21 bits per heavy atom. The average Bonchev–Trinajstić information content (AvgIpc) is 2.84. The molecule has 2 N–H and O–H groups in total. The zero-order valence-electron chi connectivity index (χ0n) is 9.29. The summed E-state index contributed by atoms with van der Waals surface area (Å²) >= 11 is 7.10. The fraction of sp³-hybridized carbons (Fsp3) is 0. The smallest absolute Gasteiger partial charge is 0.306 e. The number of benzene rings is 1. The Kier molecular flexibility index (Phi) is 3.93. The molecule has 0 saturated carbocycles. The summed E-state index contributed by atoms with van der Waals surface area (Å²) in [6.07, 6.45) is 1.54. The van der Waals surface area contributed by atoms with Crippen LogP contribution >= 0.6 is 22.9 Å². The average molecular weight is 299 g/mol. The van der Waals surface area contributed by atoms with Crippen LogP contribution in [0.1, 0.15) is 0 Å². The minimum absolute atomic E-state index is 0.157. The molecule has 0 aliphatic heterocycles. The summed E-state index contributed by atoms with van der Waals surface area (Å²) in [6.45, 7) is 0. The van der Waals surface area contributed by atoms with Crippen molar-refractivity contribution in [3.63, 3.8) is 0 Å².